The van der Waals surface area contributed by atoms with Gasteiger partial charge in [0.15, 0.2) is 0 Å². The van der Waals surface area contributed by atoms with Crippen LogP contribution in [0.1, 0.15) is 85.4 Å². The molecule has 1 aliphatic rings. The van der Waals surface area contributed by atoms with E-state index >= 15 is 0 Å². The number of rotatable bonds is 12. The molecule has 0 spiro atoms. The molecule has 0 amide bonds. The van der Waals surface area contributed by atoms with Crippen LogP contribution in [0, 0.1) is 27.7 Å². The summed E-state index contributed by atoms with van der Waals surface area (Å²) in [5.41, 5.74) is 14.0. The maximum atomic E-state index is 12.3. The van der Waals surface area contributed by atoms with E-state index in [9.17, 15) is 9.59 Å². The van der Waals surface area contributed by atoms with E-state index in [0.717, 1.165) is 47.6 Å². The van der Waals surface area contributed by atoms with Crippen molar-refractivity contribution in [1.29, 1.82) is 0 Å². The van der Waals surface area contributed by atoms with E-state index in [1.165, 1.54) is 44.5 Å². The molecule has 2 atom stereocenters. The van der Waals surface area contributed by atoms with Crippen molar-refractivity contribution in [3.8, 4) is 11.1 Å². The molecule has 0 saturated carbocycles. The van der Waals surface area contributed by atoms with Crippen LogP contribution in [0.2, 0.25) is 0 Å². The number of aryl methyl sites for hydroxylation is 4. The Morgan fingerprint density at radius 3 is 1.53 bits per heavy atom. The van der Waals surface area contributed by atoms with Crippen molar-refractivity contribution in [2.75, 3.05) is 4.90 Å². The van der Waals surface area contributed by atoms with Gasteiger partial charge in [-0.15, -0.1) is 0 Å². The average Bonchev–Trinajstić information content (AvgIpc) is 3.36. The first-order chi connectivity index (χ1) is 23.4. The van der Waals surface area contributed by atoms with Gasteiger partial charge in [0.1, 0.15) is 12.2 Å². The van der Waals surface area contributed by atoms with Crippen molar-refractivity contribution in [3.63, 3.8) is 0 Å². The van der Waals surface area contributed by atoms with Crippen molar-refractivity contribution in [2.24, 2.45) is 0 Å². The molecule has 0 aromatic heterocycles. The molecule has 0 aliphatic heterocycles. The number of ether oxygens (including phenoxy) is 2. The Morgan fingerprint density at radius 1 is 0.653 bits per heavy atom. The van der Waals surface area contributed by atoms with E-state index in [0.29, 0.717) is 0 Å². The molecule has 5 nitrogen and oxygen atoms in total. The van der Waals surface area contributed by atoms with Crippen molar-refractivity contribution in [1.82, 2.24) is 0 Å². The summed E-state index contributed by atoms with van der Waals surface area (Å²) in [5, 5.41) is 0. The smallest absolute Gasteiger partial charge is 0.330 e. The SMILES string of the molecule is C=CC(=O)OC(C)C(c1ccc2c(c1)C(CC)(CC)c1cc(N(c3ccc(C)c(C)c3)c3ccc(C)c(C)c3)ccc1-2)C(C)OC(=O)C=C. The summed E-state index contributed by atoms with van der Waals surface area (Å²) in [4.78, 5) is 26.9. The lowest BCUT2D eigenvalue weighted by Crippen LogP contribution is -2.33. The average molecular weight is 656 g/mol. The van der Waals surface area contributed by atoms with E-state index in [-0.39, 0.29) is 5.41 Å². The molecule has 0 fully saturated rings. The first kappa shape index (κ1) is 35.4. The summed E-state index contributed by atoms with van der Waals surface area (Å²) in [7, 11) is 0. The van der Waals surface area contributed by atoms with Crippen molar-refractivity contribution < 1.29 is 19.1 Å². The van der Waals surface area contributed by atoms with Gasteiger partial charge in [-0.05, 0) is 141 Å². The number of anilines is 3. The van der Waals surface area contributed by atoms with Gasteiger partial charge >= 0.3 is 11.9 Å². The molecule has 49 heavy (non-hydrogen) atoms. The Hall–Kier alpha value is -4.90. The van der Waals surface area contributed by atoms with Crippen LogP contribution < -0.4 is 4.90 Å². The van der Waals surface area contributed by atoms with E-state index in [1.807, 2.05) is 13.8 Å². The van der Waals surface area contributed by atoms with Gasteiger partial charge in [0.2, 0.25) is 0 Å². The lowest BCUT2D eigenvalue weighted by atomic mass is 9.73. The fourth-order valence-electron chi connectivity index (χ4n) is 7.57. The number of fused-ring (bicyclic) bond motifs is 3. The highest BCUT2D eigenvalue weighted by Gasteiger charge is 2.42. The second-order valence-electron chi connectivity index (χ2n) is 13.4. The Morgan fingerprint density at radius 2 is 1.08 bits per heavy atom. The van der Waals surface area contributed by atoms with Crippen LogP contribution >= 0.6 is 0 Å². The van der Waals surface area contributed by atoms with E-state index in [4.69, 9.17) is 9.47 Å². The van der Waals surface area contributed by atoms with Crippen LogP contribution in [0.15, 0.2) is 98.1 Å². The van der Waals surface area contributed by atoms with Crippen molar-refractivity contribution >= 4 is 29.0 Å². The third-order valence-corrected chi connectivity index (χ3v) is 10.7. The molecule has 0 heterocycles. The monoisotopic (exact) mass is 655 g/mol. The van der Waals surface area contributed by atoms with Crippen LogP contribution in [0.3, 0.4) is 0 Å². The number of carbonyl (C=O) groups excluding carboxylic acids is 2. The standard InChI is InChI=1S/C44H49NO4/c1-11-41(46)48-31(9)43(32(10)49-42(47)12-2)33-17-21-37-38-22-20-36(26-40(38)44(13-3,14-4)39(37)25-33)45(34-18-15-27(5)29(7)23-34)35-19-16-28(6)30(8)24-35/h11-12,15-26,31-32,43H,1-2,13-14H2,3-10H3. The highest BCUT2D eigenvalue weighted by atomic mass is 16.6. The second kappa shape index (κ2) is 14.3. The van der Waals surface area contributed by atoms with Crippen LogP contribution in [0.5, 0.6) is 0 Å². The highest BCUT2D eigenvalue weighted by molar-refractivity contribution is 5.86. The Labute approximate surface area is 292 Å². The van der Waals surface area contributed by atoms with Gasteiger partial charge in [0.05, 0.1) is 5.92 Å². The molecular formula is C44H49NO4. The van der Waals surface area contributed by atoms with Gasteiger partial charge in [-0.2, -0.15) is 0 Å². The molecule has 0 N–H and O–H groups in total. The minimum Gasteiger partial charge on any atom is -0.459 e. The highest BCUT2D eigenvalue weighted by Crippen LogP contribution is 2.55. The molecule has 5 heteroatoms. The number of benzene rings is 4. The summed E-state index contributed by atoms with van der Waals surface area (Å²) in [5.74, 6) is -1.45. The molecule has 2 unspecified atom stereocenters. The van der Waals surface area contributed by atoms with Crippen LogP contribution in [-0.2, 0) is 24.5 Å². The molecule has 1 aliphatic carbocycles. The fraction of sp³-hybridized carbons (Fsp3) is 0.318. The van der Waals surface area contributed by atoms with E-state index in [1.54, 1.807) is 0 Å². The van der Waals surface area contributed by atoms with Gasteiger partial charge in [-0.25, -0.2) is 9.59 Å². The minimum absolute atomic E-state index is 0.249. The van der Waals surface area contributed by atoms with E-state index in [2.05, 4.69) is 132 Å². The third-order valence-electron chi connectivity index (χ3n) is 10.7. The molecule has 4 aromatic carbocycles. The first-order valence-electron chi connectivity index (χ1n) is 17.3. The number of hydrogen-bond donors (Lipinski definition) is 0. The maximum Gasteiger partial charge on any atom is 0.330 e. The zero-order chi connectivity index (χ0) is 35.6. The molecule has 254 valence electrons. The lowest BCUT2D eigenvalue weighted by Gasteiger charge is -2.33. The Balaban J connectivity index is 1.66. The van der Waals surface area contributed by atoms with Gasteiger partial charge in [0, 0.05) is 34.6 Å². The molecule has 0 saturated heterocycles. The predicted octanol–water partition coefficient (Wildman–Crippen LogP) is 10.8. The third kappa shape index (κ3) is 6.59. The topological polar surface area (TPSA) is 55.8 Å². The normalized spacial score (nSPS) is 14.5. The van der Waals surface area contributed by atoms with Crippen LogP contribution in [-0.4, -0.2) is 24.1 Å². The molecule has 0 radical (unpaired) electrons. The summed E-state index contributed by atoms with van der Waals surface area (Å²) in [6, 6.07) is 26.7. The summed E-state index contributed by atoms with van der Waals surface area (Å²) >= 11 is 0. The predicted molar refractivity (Wildman–Crippen MR) is 201 cm³/mol. The number of hydrogen-bond acceptors (Lipinski definition) is 5. The van der Waals surface area contributed by atoms with Crippen molar-refractivity contribution in [2.45, 2.75) is 91.8 Å². The minimum atomic E-state index is -0.575. The Kier molecular flexibility index (Phi) is 10.3. The molecule has 5 rings (SSSR count). The first-order valence-corrected chi connectivity index (χ1v) is 17.3. The van der Waals surface area contributed by atoms with Crippen LogP contribution in [0.4, 0.5) is 17.1 Å². The molecular weight excluding hydrogens is 606 g/mol. The summed E-state index contributed by atoms with van der Waals surface area (Å²) in [6.45, 7) is 23.9. The van der Waals surface area contributed by atoms with Gasteiger partial charge < -0.3 is 14.4 Å². The number of esters is 2. The quantitative estimate of drug-likeness (QED) is 0.112. The fourth-order valence-corrected chi connectivity index (χ4v) is 7.57. The Bertz CT molecular complexity index is 1840. The summed E-state index contributed by atoms with van der Waals surface area (Å²) < 4.78 is 11.4. The lowest BCUT2D eigenvalue weighted by molar-refractivity contribution is -0.149. The maximum absolute atomic E-state index is 12.3. The van der Waals surface area contributed by atoms with Gasteiger partial charge in [-0.3, -0.25) is 0 Å². The second-order valence-corrected chi connectivity index (χ2v) is 13.4. The largest absolute Gasteiger partial charge is 0.459 e. The van der Waals surface area contributed by atoms with Gasteiger partial charge in [-0.1, -0.05) is 63.4 Å². The molecule has 0 bridgehead atoms. The number of carbonyl (C=O) groups is 2. The van der Waals surface area contributed by atoms with Gasteiger partial charge in [0.25, 0.3) is 0 Å². The molecule has 4 aromatic rings. The van der Waals surface area contributed by atoms with E-state index < -0.39 is 30.1 Å². The van der Waals surface area contributed by atoms with Crippen LogP contribution in [0.25, 0.3) is 11.1 Å². The number of nitrogens with zero attached hydrogens (tertiary/aromatic N) is 1. The zero-order valence-electron chi connectivity index (χ0n) is 30.2. The zero-order valence-corrected chi connectivity index (χ0v) is 30.2. The summed E-state index contributed by atoms with van der Waals surface area (Å²) in [6.07, 6.45) is 2.96. The van der Waals surface area contributed by atoms with Crippen molar-refractivity contribution in [3.05, 3.63) is 137 Å².